The molecule has 0 saturated carbocycles. The normalized spacial score (nSPS) is 12.6. The Hall–Kier alpha value is -1.61. The molecular formula is C17H25N3. The second-order valence-corrected chi connectivity index (χ2v) is 5.21. The summed E-state index contributed by atoms with van der Waals surface area (Å²) in [4.78, 5) is 0. The van der Waals surface area contributed by atoms with E-state index in [0.29, 0.717) is 6.04 Å². The van der Waals surface area contributed by atoms with E-state index in [2.05, 4.69) is 66.2 Å². The van der Waals surface area contributed by atoms with Crippen molar-refractivity contribution < 1.29 is 0 Å². The van der Waals surface area contributed by atoms with Gasteiger partial charge < -0.3 is 5.32 Å². The van der Waals surface area contributed by atoms with Crippen LogP contribution >= 0.6 is 0 Å². The quantitative estimate of drug-likeness (QED) is 0.835. The number of aryl methyl sites for hydroxylation is 3. The second kappa shape index (κ2) is 7.25. The Bertz CT molecular complexity index is 513. The minimum absolute atomic E-state index is 0.378. The standard InChI is InChI=1S/C17H25N3/c1-4-18-16(17-12-13-19-20(17)5-2)11-10-15-8-6-14(3)7-9-15/h6-9,12-13,16,18H,4-5,10-11H2,1-3H3. The molecule has 1 heterocycles. The van der Waals surface area contributed by atoms with Crippen molar-refractivity contribution in [3.8, 4) is 0 Å². The van der Waals surface area contributed by atoms with Gasteiger partial charge >= 0.3 is 0 Å². The van der Waals surface area contributed by atoms with Crippen molar-refractivity contribution in [1.82, 2.24) is 15.1 Å². The van der Waals surface area contributed by atoms with Crippen molar-refractivity contribution in [3.05, 3.63) is 53.3 Å². The lowest BCUT2D eigenvalue weighted by atomic mass is 10.0. The molecule has 0 aliphatic rings. The summed E-state index contributed by atoms with van der Waals surface area (Å²) in [6.07, 6.45) is 4.09. The van der Waals surface area contributed by atoms with Gasteiger partial charge in [0, 0.05) is 18.8 Å². The second-order valence-electron chi connectivity index (χ2n) is 5.21. The van der Waals surface area contributed by atoms with Crippen LogP contribution in [0.25, 0.3) is 0 Å². The van der Waals surface area contributed by atoms with Gasteiger partial charge in [-0.2, -0.15) is 5.10 Å². The van der Waals surface area contributed by atoms with Crippen molar-refractivity contribution in [2.24, 2.45) is 0 Å². The zero-order chi connectivity index (χ0) is 14.4. The Morgan fingerprint density at radius 2 is 1.90 bits per heavy atom. The highest BCUT2D eigenvalue weighted by Gasteiger charge is 2.14. The first-order valence-electron chi connectivity index (χ1n) is 7.55. The lowest BCUT2D eigenvalue weighted by Crippen LogP contribution is -2.24. The third-order valence-electron chi connectivity index (χ3n) is 3.70. The van der Waals surface area contributed by atoms with Crippen LogP contribution in [-0.4, -0.2) is 16.3 Å². The maximum absolute atomic E-state index is 4.38. The van der Waals surface area contributed by atoms with E-state index in [0.717, 1.165) is 25.9 Å². The molecular weight excluding hydrogens is 246 g/mol. The van der Waals surface area contributed by atoms with E-state index >= 15 is 0 Å². The van der Waals surface area contributed by atoms with E-state index < -0.39 is 0 Å². The summed E-state index contributed by atoms with van der Waals surface area (Å²) in [7, 11) is 0. The van der Waals surface area contributed by atoms with Crippen LogP contribution in [-0.2, 0) is 13.0 Å². The molecule has 1 unspecified atom stereocenters. The average Bonchev–Trinajstić information content (AvgIpc) is 2.93. The van der Waals surface area contributed by atoms with Crippen molar-refractivity contribution in [3.63, 3.8) is 0 Å². The number of nitrogens with one attached hydrogen (secondary N) is 1. The van der Waals surface area contributed by atoms with E-state index in [4.69, 9.17) is 0 Å². The molecule has 108 valence electrons. The Kier molecular flexibility index (Phi) is 5.36. The topological polar surface area (TPSA) is 29.9 Å². The Morgan fingerprint density at radius 3 is 2.55 bits per heavy atom. The highest BCUT2D eigenvalue weighted by Crippen LogP contribution is 2.19. The lowest BCUT2D eigenvalue weighted by Gasteiger charge is -2.19. The zero-order valence-electron chi connectivity index (χ0n) is 12.8. The maximum atomic E-state index is 4.38. The highest BCUT2D eigenvalue weighted by molar-refractivity contribution is 5.21. The number of aromatic nitrogens is 2. The number of rotatable bonds is 7. The molecule has 0 saturated heterocycles. The summed E-state index contributed by atoms with van der Waals surface area (Å²) in [5.74, 6) is 0. The third-order valence-corrected chi connectivity index (χ3v) is 3.70. The molecule has 1 aromatic heterocycles. The van der Waals surface area contributed by atoms with Gasteiger partial charge in [-0.25, -0.2) is 0 Å². The minimum atomic E-state index is 0.378. The smallest absolute Gasteiger partial charge is 0.0553 e. The minimum Gasteiger partial charge on any atom is -0.309 e. The summed E-state index contributed by atoms with van der Waals surface area (Å²) in [6.45, 7) is 8.33. The summed E-state index contributed by atoms with van der Waals surface area (Å²) >= 11 is 0. The molecule has 0 aliphatic carbocycles. The van der Waals surface area contributed by atoms with Crippen LogP contribution in [0.4, 0.5) is 0 Å². The van der Waals surface area contributed by atoms with Gasteiger partial charge in [-0.15, -0.1) is 0 Å². The lowest BCUT2D eigenvalue weighted by molar-refractivity contribution is 0.467. The van der Waals surface area contributed by atoms with Gasteiger partial charge in [0.2, 0.25) is 0 Å². The summed E-state index contributed by atoms with van der Waals surface area (Å²) < 4.78 is 2.09. The van der Waals surface area contributed by atoms with Crippen molar-refractivity contribution in [2.45, 2.75) is 46.2 Å². The molecule has 0 aliphatic heterocycles. The molecule has 2 rings (SSSR count). The fourth-order valence-electron chi connectivity index (χ4n) is 2.57. The molecule has 3 heteroatoms. The monoisotopic (exact) mass is 271 g/mol. The van der Waals surface area contributed by atoms with E-state index in [1.807, 2.05) is 6.20 Å². The predicted octanol–water partition coefficient (Wildman–Crippen LogP) is 3.49. The molecule has 0 radical (unpaired) electrons. The first-order valence-corrected chi connectivity index (χ1v) is 7.55. The molecule has 2 aromatic rings. The van der Waals surface area contributed by atoms with Crippen molar-refractivity contribution in [1.29, 1.82) is 0 Å². The molecule has 0 amide bonds. The van der Waals surface area contributed by atoms with Crippen LogP contribution in [0, 0.1) is 6.92 Å². The van der Waals surface area contributed by atoms with Crippen LogP contribution in [0.2, 0.25) is 0 Å². The average molecular weight is 271 g/mol. The number of benzene rings is 1. The fourth-order valence-corrected chi connectivity index (χ4v) is 2.57. The first-order chi connectivity index (χ1) is 9.74. The SMILES string of the molecule is CCNC(CCc1ccc(C)cc1)c1ccnn1CC. The Morgan fingerprint density at radius 1 is 1.15 bits per heavy atom. The van der Waals surface area contributed by atoms with Crippen LogP contribution in [0.5, 0.6) is 0 Å². The van der Waals surface area contributed by atoms with Gasteiger partial charge in [0.05, 0.1) is 5.69 Å². The van der Waals surface area contributed by atoms with Gasteiger partial charge in [-0.3, -0.25) is 4.68 Å². The van der Waals surface area contributed by atoms with Gasteiger partial charge in [-0.05, 0) is 44.9 Å². The predicted molar refractivity (Wildman–Crippen MR) is 83.8 cm³/mol. The summed E-state index contributed by atoms with van der Waals surface area (Å²) in [6, 6.07) is 11.3. The van der Waals surface area contributed by atoms with E-state index in [1.54, 1.807) is 0 Å². The first kappa shape index (κ1) is 14.8. The number of nitrogens with zero attached hydrogens (tertiary/aromatic N) is 2. The molecule has 20 heavy (non-hydrogen) atoms. The summed E-state index contributed by atoms with van der Waals surface area (Å²) in [5, 5.41) is 7.96. The fraction of sp³-hybridized carbons (Fsp3) is 0.471. The van der Waals surface area contributed by atoms with Crippen LogP contribution in [0.1, 0.15) is 43.1 Å². The van der Waals surface area contributed by atoms with Crippen LogP contribution in [0.15, 0.2) is 36.5 Å². The van der Waals surface area contributed by atoms with Crippen molar-refractivity contribution in [2.75, 3.05) is 6.54 Å². The van der Waals surface area contributed by atoms with Crippen molar-refractivity contribution >= 4 is 0 Å². The third kappa shape index (κ3) is 3.70. The molecule has 1 aromatic carbocycles. The van der Waals surface area contributed by atoms with Gasteiger partial charge in [-0.1, -0.05) is 36.8 Å². The molecule has 0 spiro atoms. The Balaban J connectivity index is 2.04. The molecule has 1 atom stereocenters. The van der Waals surface area contributed by atoms with Crippen LogP contribution in [0.3, 0.4) is 0 Å². The van der Waals surface area contributed by atoms with E-state index in [-0.39, 0.29) is 0 Å². The molecule has 0 bridgehead atoms. The Labute approximate surface area is 122 Å². The largest absolute Gasteiger partial charge is 0.309 e. The molecule has 1 N–H and O–H groups in total. The van der Waals surface area contributed by atoms with Gasteiger partial charge in [0.25, 0.3) is 0 Å². The highest BCUT2D eigenvalue weighted by atomic mass is 15.3. The number of hydrogen-bond acceptors (Lipinski definition) is 2. The van der Waals surface area contributed by atoms with Gasteiger partial charge in [0.1, 0.15) is 0 Å². The molecule has 3 nitrogen and oxygen atoms in total. The van der Waals surface area contributed by atoms with E-state index in [9.17, 15) is 0 Å². The summed E-state index contributed by atoms with van der Waals surface area (Å²) in [5.41, 5.74) is 4.02. The number of hydrogen-bond donors (Lipinski definition) is 1. The zero-order valence-corrected chi connectivity index (χ0v) is 12.8. The molecule has 0 fully saturated rings. The van der Waals surface area contributed by atoms with Gasteiger partial charge in [0.15, 0.2) is 0 Å². The van der Waals surface area contributed by atoms with E-state index in [1.165, 1.54) is 16.8 Å². The van der Waals surface area contributed by atoms with Crippen LogP contribution < -0.4 is 5.32 Å². The maximum Gasteiger partial charge on any atom is 0.0553 e.